The molecule has 0 saturated heterocycles. The number of aryl methyl sites for hydroxylation is 3. The molecule has 0 radical (unpaired) electrons. The first kappa shape index (κ1) is 35.8. The topological polar surface area (TPSA) is 82.3 Å². The van der Waals surface area contributed by atoms with E-state index >= 15 is 0 Å². The molecule has 2 atom stereocenters. The van der Waals surface area contributed by atoms with Crippen LogP contribution in [0.1, 0.15) is 83.4 Å². The van der Waals surface area contributed by atoms with Crippen LogP contribution in [0.5, 0.6) is 0 Å². The van der Waals surface area contributed by atoms with E-state index in [0.717, 1.165) is 49.8 Å². The van der Waals surface area contributed by atoms with Crippen LogP contribution in [0.4, 0.5) is 4.39 Å². The van der Waals surface area contributed by atoms with Gasteiger partial charge in [-0.15, -0.1) is 0 Å². The number of amides is 2. The molecule has 228 valence electrons. The maximum absolute atomic E-state index is 12.6. The molecule has 0 saturated carbocycles. The van der Waals surface area contributed by atoms with Crippen molar-refractivity contribution >= 4 is 11.8 Å². The third-order valence-corrected chi connectivity index (χ3v) is 6.66. The molecule has 0 bridgehead atoms. The lowest BCUT2D eigenvalue weighted by atomic mass is 9.97. The second-order valence-electron chi connectivity index (χ2n) is 10.2. The molecule has 1 aliphatic rings. The number of halogens is 1. The molecule has 3 rings (SSSR count). The van der Waals surface area contributed by atoms with Gasteiger partial charge in [-0.1, -0.05) is 76.6 Å². The lowest BCUT2D eigenvalue weighted by Gasteiger charge is -2.21. The SMILES string of the molecule is CC.CC/C=C1\CN[C@@H](C)CCc2ccccc2CCCNC(=O)C(CCC)NC(=O)CN1.Cc1cccc(F)c1. The second-order valence-corrected chi connectivity index (χ2v) is 10.2. The first-order valence-corrected chi connectivity index (χ1v) is 15.3. The van der Waals surface area contributed by atoms with Crippen molar-refractivity contribution in [2.45, 2.75) is 98.6 Å². The highest BCUT2D eigenvalue weighted by atomic mass is 19.1. The molecule has 41 heavy (non-hydrogen) atoms. The van der Waals surface area contributed by atoms with E-state index in [1.54, 1.807) is 6.07 Å². The first-order valence-electron chi connectivity index (χ1n) is 15.3. The molecular weight excluding hydrogens is 515 g/mol. The van der Waals surface area contributed by atoms with Gasteiger partial charge < -0.3 is 21.3 Å². The Morgan fingerprint density at radius 3 is 2.27 bits per heavy atom. The molecule has 4 N–H and O–H groups in total. The number of carbonyl (C=O) groups excluding carboxylic acids is 2. The molecule has 7 heteroatoms. The van der Waals surface area contributed by atoms with Crippen molar-refractivity contribution in [3.63, 3.8) is 0 Å². The molecule has 6 nitrogen and oxygen atoms in total. The van der Waals surface area contributed by atoms with E-state index in [1.807, 2.05) is 33.8 Å². The molecule has 0 aliphatic carbocycles. The lowest BCUT2D eigenvalue weighted by Crippen LogP contribution is -2.49. The maximum atomic E-state index is 12.6. The van der Waals surface area contributed by atoms with Gasteiger partial charge in [-0.05, 0) is 81.2 Å². The number of fused-ring (bicyclic) bond motifs is 1. The van der Waals surface area contributed by atoms with Crippen molar-refractivity contribution in [1.29, 1.82) is 0 Å². The number of hydrogen-bond donors (Lipinski definition) is 4. The minimum Gasteiger partial charge on any atom is -0.379 e. The molecule has 1 heterocycles. The van der Waals surface area contributed by atoms with E-state index in [0.29, 0.717) is 25.6 Å². The molecule has 1 aliphatic heterocycles. The number of allylic oxidation sites excluding steroid dienone is 1. The average molecular weight is 569 g/mol. The van der Waals surface area contributed by atoms with Gasteiger partial charge in [-0.25, -0.2) is 4.39 Å². The Morgan fingerprint density at radius 1 is 0.951 bits per heavy atom. The van der Waals surface area contributed by atoms with Crippen LogP contribution in [0.25, 0.3) is 0 Å². The number of carbonyl (C=O) groups is 2. The number of nitrogens with one attached hydrogen (secondary N) is 4. The minimum absolute atomic E-state index is 0.0931. The third-order valence-electron chi connectivity index (χ3n) is 6.66. The Morgan fingerprint density at radius 2 is 1.66 bits per heavy atom. The molecule has 2 aromatic carbocycles. The molecule has 2 aromatic rings. The minimum atomic E-state index is -0.484. The van der Waals surface area contributed by atoms with Crippen LogP contribution in [-0.2, 0) is 22.4 Å². The van der Waals surface area contributed by atoms with Gasteiger partial charge in [0, 0.05) is 24.8 Å². The van der Waals surface area contributed by atoms with E-state index < -0.39 is 6.04 Å². The van der Waals surface area contributed by atoms with Gasteiger partial charge in [0.25, 0.3) is 0 Å². The summed E-state index contributed by atoms with van der Waals surface area (Å²) >= 11 is 0. The maximum Gasteiger partial charge on any atom is 0.242 e. The second kappa shape index (κ2) is 21.5. The highest BCUT2D eigenvalue weighted by Gasteiger charge is 2.19. The molecule has 0 aromatic heterocycles. The largest absolute Gasteiger partial charge is 0.379 e. The van der Waals surface area contributed by atoms with E-state index in [9.17, 15) is 14.0 Å². The zero-order valence-corrected chi connectivity index (χ0v) is 26.1. The van der Waals surface area contributed by atoms with Crippen LogP contribution in [0.2, 0.25) is 0 Å². The number of benzene rings is 2. The van der Waals surface area contributed by atoms with Crippen LogP contribution in [-0.4, -0.2) is 43.5 Å². The highest BCUT2D eigenvalue weighted by molar-refractivity contribution is 5.88. The van der Waals surface area contributed by atoms with Crippen molar-refractivity contribution in [1.82, 2.24) is 21.3 Å². The predicted octanol–water partition coefficient (Wildman–Crippen LogP) is 5.99. The smallest absolute Gasteiger partial charge is 0.242 e. The van der Waals surface area contributed by atoms with Crippen LogP contribution < -0.4 is 21.3 Å². The quantitative estimate of drug-likeness (QED) is 0.367. The summed E-state index contributed by atoms with van der Waals surface area (Å²) in [5, 5.41) is 12.7. The van der Waals surface area contributed by atoms with Crippen molar-refractivity contribution in [3.8, 4) is 0 Å². The fourth-order valence-electron chi connectivity index (χ4n) is 4.47. The zero-order valence-electron chi connectivity index (χ0n) is 26.1. The van der Waals surface area contributed by atoms with Gasteiger partial charge in [0.2, 0.25) is 11.8 Å². The van der Waals surface area contributed by atoms with Crippen molar-refractivity contribution in [2.75, 3.05) is 19.6 Å². The van der Waals surface area contributed by atoms with Crippen LogP contribution >= 0.6 is 0 Å². The van der Waals surface area contributed by atoms with Gasteiger partial charge in [-0.2, -0.15) is 0 Å². The van der Waals surface area contributed by atoms with Gasteiger partial charge in [-0.3, -0.25) is 9.59 Å². The average Bonchev–Trinajstić information content (AvgIpc) is 2.96. The molecular formula is C34H53FN4O2. The monoisotopic (exact) mass is 568 g/mol. The summed E-state index contributed by atoms with van der Waals surface area (Å²) in [6.07, 6.45) is 8.38. The number of rotatable bonds is 3. The van der Waals surface area contributed by atoms with Gasteiger partial charge in [0.05, 0.1) is 6.54 Å². The van der Waals surface area contributed by atoms with Crippen molar-refractivity contribution in [3.05, 3.63) is 82.8 Å². The fraction of sp³-hybridized carbons (Fsp3) is 0.529. The first-order chi connectivity index (χ1) is 19.8. The third kappa shape index (κ3) is 15.4. The predicted molar refractivity (Wildman–Crippen MR) is 169 cm³/mol. The van der Waals surface area contributed by atoms with Gasteiger partial charge in [0.15, 0.2) is 0 Å². The highest BCUT2D eigenvalue weighted by Crippen LogP contribution is 2.14. The zero-order chi connectivity index (χ0) is 30.5. The van der Waals surface area contributed by atoms with Gasteiger partial charge >= 0.3 is 0 Å². The van der Waals surface area contributed by atoms with E-state index in [1.165, 1.54) is 23.3 Å². The number of hydrogen-bond acceptors (Lipinski definition) is 4. The van der Waals surface area contributed by atoms with E-state index in [2.05, 4.69) is 65.5 Å². The van der Waals surface area contributed by atoms with Crippen LogP contribution in [0.3, 0.4) is 0 Å². The van der Waals surface area contributed by atoms with E-state index in [-0.39, 0.29) is 24.2 Å². The van der Waals surface area contributed by atoms with Gasteiger partial charge in [0.1, 0.15) is 11.9 Å². The van der Waals surface area contributed by atoms with Crippen molar-refractivity contribution < 1.29 is 14.0 Å². The van der Waals surface area contributed by atoms with Crippen molar-refractivity contribution in [2.24, 2.45) is 0 Å². The molecule has 2 amide bonds. The Hall–Kier alpha value is -3.19. The summed E-state index contributed by atoms with van der Waals surface area (Å²) in [4.78, 5) is 25.1. The lowest BCUT2D eigenvalue weighted by molar-refractivity contribution is -0.128. The summed E-state index contributed by atoms with van der Waals surface area (Å²) in [5.41, 5.74) is 4.73. The summed E-state index contributed by atoms with van der Waals surface area (Å²) in [7, 11) is 0. The Bertz CT molecular complexity index is 1040. The standard InChI is InChI=1S/C25H40N4O2.C7H7F.C2H6/c1-4-9-22-17-27-19(3)14-15-21-12-7-6-11-20(21)13-8-16-26-25(31)23(10-5-2)29-24(30)18-28-22;1-6-3-2-4-7(8)5-6;1-2/h6-7,9,11-12,19,23,27-28H,4-5,8,10,13-18H2,1-3H3,(H,26,31)(H,29,30);2-5H,1H3;1-2H3/b22-9+;;/t19-,23?;;/m0../s1. The summed E-state index contributed by atoms with van der Waals surface area (Å²) in [6, 6.07) is 15.0. The van der Waals surface area contributed by atoms with E-state index in [4.69, 9.17) is 0 Å². The summed E-state index contributed by atoms with van der Waals surface area (Å²) in [6.45, 7) is 13.7. The summed E-state index contributed by atoms with van der Waals surface area (Å²) < 4.78 is 12.2. The Kier molecular flexibility index (Phi) is 18.8. The molecule has 0 spiro atoms. The normalized spacial score (nSPS) is 19.8. The Labute approximate surface area is 248 Å². The fourth-order valence-corrected chi connectivity index (χ4v) is 4.47. The Balaban J connectivity index is 0.000000711. The van der Waals surface area contributed by atoms with Crippen LogP contribution in [0.15, 0.2) is 60.3 Å². The molecule has 1 unspecified atom stereocenters. The van der Waals surface area contributed by atoms with Crippen LogP contribution in [0, 0.1) is 12.7 Å². The molecule has 0 fully saturated rings. The summed E-state index contributed by atoms with van der Waals surface area (Å²) in [5.74, 6) is -0.409.